The molecule has 9 aromatic carbocycles. The third kappa shape index (κ3) is 5.96. The first-order valence-electron chi connectivity index (χ1n) is 19.6. The second-order valence-corrected chi connectivity index (χ2v) is 14.6. The van der Waals surface area contributed by atoms with Crippen LogP contribution in [-0.2, 0) is 0 Å². The number of pyridine rings is 1. The maximum Gasteiger partial charge on any atom is 0.164 e. The zero-order valence-electron chi connectivity index (χ0n) is 31.4. The second-order valence-electron chi connectivity index (χ2n) is 14.6. The van der Waals surface area contributed by atoms with Crippen molar-refractivity contribution in [2.45, 2.75) is 0 Å². The van der Waals surface area contributed by atoms with Crippen molar-refractivity contribution in [2.24, 2.45) is 0 Å². The summed E-state index contributed by atoms with van der Waals surface area (Å²) in [4.78, 5) is 20.3. The fraction of sp³-hybridized carbons (Fsp3) is 0. The zero-order valence-corrected chi connectivity index (χ0v) is 31.4. The molecular weight excluding hydrogens is 705 g/mol. The van der Waals surface area contributed by atoms with E-state index < -0.39 is 0 Å². The van der Waals surface area contributed by atoms with Gasteiger partial charge >= 0.3 is 0 Å². The van der Waals surface area contributed by atoms with E-state index in [1.54, 1.807) is 0 Å². The molecule has 0 spiro atoms. The average molecular weight is 739 g/mol. The van der Waals surface area contributed by atoms with Crippen LogP contribution in [0.5, 0.6) is 0 Å². The van der Waals surface area contributed by atoms with Gasteiger partial charge in [-0.25, -0.2) is 19.9 Å². The fourth-order valence-corrected chi connectivity index (χ4v) is 8.20. The predicted molar refractivity (Wildman–Crippen MR) is 240 cm³/mol. The molecule has 0 saturated heterocycles. The highest BCUT2D eigenvalue weighted by Gasteiger charge is 2.17. The molecular formula is C54H34N4. The molecule has 0 radical (unpaired) electrons. The summed E-state index contributed by atoms with van der Waals surface area (Å²) < 4.78 is 0. The number of hydrogen-bond acceptors (Lipinski definition) is 4. The number of benzene rings is 9. The number of hydrogen-bond donors (Lipinski definition) is 0. The Morgan fingerprint density at radius 1 is 0.259 bits per heavy atom. The van der Waals surface area contributed by atoms with Gasteiger partial charge in [0.1, 0.15) is 0 Å². The van der Waals surface area contributed by atoms with Gasteiger partial charge in [0.25, 0.3) is 0 Å². The number of fused-ring (bicyclic) bond motifs is 6. The maximum absolute atomic E-state index is 5.55. The quantitative estimate of drug-likeness (QED) is 0.159. The Kier molecular flexibility index (Phi) is 8.11. The number of para-hydroxylation sites is 1. The molecule has 0 amide bonds. The summed E-state index contributed by atoms with van der Waals surface area (Å²) >= 11 is 0. The van der Waals surface area contributed by atoms with E-state index in [0.29, 0.717) is 17.5 Å². The Morgan fingerprint density at radius 2 is 0.776 bits per heavy atom. The first-order valence-corrected chi connectivity index (χ1v) is 19.6. The van der Waals surface area contributed by atoms with E-state index in [1.807, 2.05) is 60.7 Å². The highest BCUT2D eigenvalue weighted by atomic mass is 15.0. The molecule has 2 heterocycles. The second kappa shape index (κ2) is 14.0. The van der Waals surface area contributed by atoms with Crippen LogP contribution >= 0.6 is 0 Å². The summed E-state index contributed by atoms with van der Waals surface area (Å²) in [5, 5.41) is 8.38. The summed E-state index contributed by atoms with van der Waals surface area (Å²) in [6.07, 6.45) is 0. The van der Waals surface area contributed by atoms with Crippen molar-refractivity contribution in [1.29, 1.82) is 0 Å². The van der Waals surface area contributed by atoms with E-state index >= 15 is 0 Å². The van der Waals surface area contributed by atoms with Gasteiger partial charge in [0.05, 0.1) is 11.2 Å². The Balaban J connectivity index is 1.03. The molecule has 58 heavy (non-hydrogen) atoms. The number of aromatic nitrogens is 4. The highest BCUT2D eigenvalue weighted by Crippen LogP contribution is 2.41. The Bertz CT molecular complexity index is 3260. The minimum Gasteiger partial charge on any atom is -0.246 e. The van der Waals surface area contributed by atoms with Crippen LogP contribution in [0.1, 0.15) is 0 Å². The van der Waals surface area contributed by atoms with Gasteiger partial charge < -0.3 is 0 Å². The first kappa shape index (κ1) is 33.5. The van der Waals surface area contributed by atoms with Crippen molar-refractivity contribution in [3.8, 4) is 67.7 Å². The van der Waals surface area contributed by atoms with Crippen LogP contribution < -0.4 is 0 Å². The third-order valence-electron chi connectivity index (χ3n) is 11.1. The molecule has 0 atom stereocenters. The van der Waals surface area contributed by atoms with Gasteiger partial charge in [-0.2, -0.15) is 0 Å². The van der Waals surface area contributed by atoms with Crippen molar-refractivity contribution in [2.75, 3.05) is 0 Å². The van der Waals surface area contributed by atoms with Crippen molar-refractivity contribution in [3.63, 3.8) is 0 Å². The lowest BCUT2D eigenvalue weighted by Gasteiger charge is -2.16. The van der Waals surface area contributed by atoms with Crippen LogP contribution in [0.25, 0.3) is 111 Å². The average Bonchev–Trinajstić information content (AvgIpc) is 3.31. The molecule has 0 aliphatic carbocycles. The summed E-state index contributed by atoms with van der Waals surface area (Å²) in [6, 6.07) is 72.4. The largest absolute Gasteiger partial charge is 0.246 e. The molecule has 4 nitrogen and oxygen atoms in total. The van der Waals surface area contributed by atoms with Crippen molar-refractivity contribution in [3.05, 3.63) is 206 Å². The van der Waals surface area contributed by atoms with Gasteiger partial charge in [0, 0.05) is 44.0 Å². The third-order valence-corrected chi connectivity index (χ3v) is 11.1. The van der Waals surface area contributed by atoms with Gasteiger partial charge in [-0.3, -0.25) is 0 Å². The van der Waals surface area contributed by atoms with E-state index in [2.05, 4.69) is 146 Å². The smallest absolute Gasteiger partial charge is 0.164 e. The SMILES string of the molecule is c1ccc(-c2nc(-c3ccccc3)nc(-c3ccc(-c4cccc(-c5cccc6c5nc(-c5ccc7ccccc7c5)c5ccc7ccccc7c56)c4)cc3)n2)cc1. The normalized spacial score (nSPS) is 11.4. The Morgan fingerprint density at radius 3 is 1.50 bits per heavy atom. The molecule has 4 heteroatoms. The van der Waals surface area contributed by atoms with Crippen LogP contribution in [-0.4, -0.2) is 19.9 Å². The number of nitrogens with zero attached hydrogens (tertiary/aromatic N) is 4. The van der Waals surface area contributed by atoms with Crippen LogP contribution in [0.15, 0.2) is 206 Å². The standard InChI is InChI=1S/C54H34N4/c1-3-15-38(16-4-1)52-56-53(39-17-5-2-6-18-39)58-54(57-52)40-28-25-36(26-29-40)42-20-11-21-43(33-42)46-23-12-24-47-49-45-22-10-9-14-37(45)31-32-48(49)50(55-51(46)47)44-30-27-35-13-7-8-19-41(35)34-44/h1-34H. The van der Waals surface area contributed by atoms with E-state index in [0.717, 1.165) is 66.5 Å². The van der Waals surface area contributed by atoms with Gasteiger partial charge in [0.2, 0.25) is 0 Å². The molecule has 0 bridgehead atoms. The maximum atomic E-state index is 5.55. The summed E-state index contributed by atoms with van der Waals surface area (Å²) in [7, 11) is 0. The van der Waals surface area contributed by atoms with Gasteiger partial charge in [-0.15, -0.1) is 0 Å². The lowest BCUT2D eigenvalue weighted by molar-refractivity contribution is 1.07. The molecule has 0 aliphatic heterocycles. The zero-order chi connectivity index (χ0) is 38.4. The fourth-order valence-electron chi connectivity index (χ4n) is 8.20. The molecule has 11 aromatic rings. The lowest BCUT2D eigenvalue weighted by atomic mass is 9.91. The van der Waals surface area contributed by atoms with Crippen molar-refractivity contribution in [1.82, 2.24) is 19.9 Å². The molecule has 0 fully saturated rings. The van der Waals surface area contributed by atoms with E-state index in [-0.39, 0.29) is 0 Å². The molecule has 11 rings (SSSR count). The van der Waals surface area contributed by atoms with Gasteiger partial charge in [0.15, 0.2) is 17.5 Å². The van der Waals surface area contributed by atoms with Crippen LogP contribution in [0.4, 0.5) is 0 Å². The molecule has 0 saturated carbocycles. The molecule has 2 aromatic heterocycles. The molecule has 0 unspecified atom stereocenters. The minimum absolute atomic E-state index is 0.636. The summed E-state index contributed by atoms with van der Waals surface area (Å²) in [5.41, 5.74) is 10.3. The lowest BCUT2D eigenvalue weighted by Crippen LogP contribution is -2.00. The Labute approximate surface area is 335 Å². The number of rotatable bonds is 6. The van der Waals surface area contributed by atoms with Crippen LogP contribution in [0, 0.1) is 0 Å². The molecule has 0 aliphatic rings. The first-order chi connectivity index (χ1) is 28.7. The topological polar surface area (TPSA) is 51.6 Å². The molecule has 0 N–H and O–H groups in total. The van der Waals surface area contributed by atoms with Crippen LogP contribution in [0.2, 0.25) is 0 Å². The van der Waals surface area contributed by atoms with Crippen molar-refractivity contribution < 1.29 is 0 Å². The van der Waals surface area contributed by atoms with Crippen molar-refractivity contribution >= 4 is 43.2 Å². The van der Waals surface area contributed by atoms with Gasteiger partial charge in [-0.05, 0) is 50.4 Å². The van der Waals surface area contributed by atoms with Gasteiger partial charge in [-0.1, -0.05) is 194 Å². The van der Waals surface area contributed by atoms with E-state index in [1.165, 1.54) is 26.9 Å². The van der Waals surface area contributed by atoms with E-state index in [9.17, 15) is 0 Å². The monoisotopic (exact) mass is 738 g/mol. The highest BCUT2D eigenvalue weighted by molar-refractivity contribution is 6.24. The van der Waals surface area contributed by atoms with E-state index in [4.69, 9.17) is 19.9 Å². The summed E-state index contributed by atoms with van der Waals surface area (Å²) in [6.45, 7) is 0. The Hall–Kier alpha value is -7.82. The molecule has 270 valence electrons. The predicted octanol–water partition coefficient (Wildman–Crippen LogP) is 13.9. The summed E-state index contributed by atoms with van der Waals surface area (Å²) in [5.74, 6) is 1.93. The minimum atomic E-state index is 0.636. The van der Waals surface area contributed by atoms with Crippen LogP contribution in [0.3, 0.4) is 0 Å².